The number of carbonyl (C=O) groups is 2. The van der Waals surface area contributed by atoms with Crippen molar-refractivity contribution in [2.75, 3.05) is 60.6 Å². The summed E-state index contributed by atoms with van der Waals surface area (Å²) in [5.41, 5.74) is 0.422. The lowest BCUT2D eigenvalue weighted by Crippen LogP contribution is -2.52. The number of piperazine rings is 1. The molecule has 2 aliphatic rings. The molecule has 0 atom stereocenters. The van der Waals surface area contributed by atoms with E-state index >= 15 is 0 Å². The molecule has 1 N–H and O–H groups in total. The fourth-order valence-electron chi connectivity index (χ4n) is 3.42. The molecule has 0 spiro atoms. The molecule has 2 fully saturated rings. The summed E-state index contributed by atoms with van der Waals surface area (Å²) < 4.78 is 16.1. The maximum absolute atomic E-state index is 13.0. The largest absolute Gasteiger partial charge is 0.493 e. The Hall–Kier alpha value is -2.19. The van der Waals surface area contributed by atoms with E-state index in [1.165, 1.54) is 34.2 Å². The van der Waals surface area contributed by atoms with Crippen molar-refractivity contribution in [3.63, 3.8) is 0 Å². The van der Waals surface area contributed by atoms with Gasteiger partial charge < -0.3 is 29.3 Å². The Morgan fingerprint density at radius 1 is 0.966 bits per heavy atom. The van der Waals surface area contributed by atoms with Gasteiger partial charge in [-0.15, -0.1) is 12.4 Å². The molecule has 2 amide bonds. The highest BCUT2D eigenvalue weighted by atomic mass is 35.5. The summed E-state index contributed by atoms with van der Waals surface area (Å²) in [5, 5.41) is 3.23. The normalized spacial score (nSPS) is 16.1. The number of hydrogen-bond donors (Lipinski definition) is 1. The van der Waals surface area contributed by atoms with Crippen molar-refractivity contribution in [2.24, 2.45) is 5.92 Å². The second-order valence-corrected chi connectivity index (χ2v) is 7.13. The molecule has 9 heteroatoms. The van der Waals surface area contributed by atoms with E-state index in [2.05, 4.69) is 5.32 Å². The first kappa shape index (κ1) is 23.1. The lowest BCUT2D eigenvalue weighted by Gasteiger charge is -2.35. The molecule has 1 saturated heterocycles. The van der Waals surface area contributed by atoms with Crippen molar-refractivity contribution >= 4 is 24.2 Å². The highest BCUT2D eigenvalue weighted by Gasteiger charge is 2.29. The van der Waals surface area contributed by atoms with Crippen LogP contribution in [0.3, 0.4) is 0 Å². The average Bonchev–Trinajstić information content (AvgIpc) is 3.56. The summed E-state index contributed by atoms with van der Waals surface area (Å²) in [6, 6.07) is 3.38. The molecule has 8 nitrogen and oxygen atoms in total. The quantitative estimate of drug-likeness (QED) is 0.675. The molecule has 1 saturated carbocycles. The van der Waals surface area contributed by atoms with Crippen molar-refractivity contribution in [1.29, 1.82) is 0 Å². The minimum atomic E-state index is -0.142. The molecule has 0 radical (unpaired) electrons. The summed E-state index contributed by atoms with van der Waals surface area (Å²) in [5.74, 6) is 1.96. The molecule has 3 rings (SSSR count). The van der Waals surface area contributed by atoms with E-state index in [9.17, 15) is 9.59 Å². The van der Waals surface area contributed by atoms with Crippen LogP contribution in [0.5, 0.6) is 17.2 Å². The minimum Gasteiger partial charge on any atom is -0.493 e. The van der Waals surface area contributed by atoms with Crippen LogP contribution in [0.1, 0.15) is 23.2 Å². The van der Waals surface area contributed by atoms with E-state index in [0.29, 0.717) is 55.5 Å². The van der Waals surface area contributed by atoms with Gasteiger partial charge in [-0.05, 0) is 37.4 Å². The van der Waals surface area contributed by atoms with Crippen molar-refractivity contribution < 1.29 is 23.8 Å². The van der Waals surface area contributed by atoms with Crippen LogP contribution >= 0.6 is 12.4 Å². The topological polar surface area (TPSA) is 80.3 Å². The van der Waals surface area contributed by atoms with Crippen LogP contribution in [0.15, 0.2) is 12.1 Å². The van der Waals surface area contributed by atoms with Crippen molar-refractivity contribution in [2.45, 2.75) is 12.8 Å². The third-order valence-corrected chi connectivity index (χ3v) is 5.26. The van der Waals surface area contributed by atoms with Gasteiger partial charge >= 0.3 is 0 Å². The second kappa shape index (κ2) is 10.5. The van der Waals surface area contributed by atoms with Crippen LogP contribution in [0.2, 0.25) is 0 Å². The summed E-state index contributed by atoms with van der Waals surface area (Å²) in [6.07, 6.45) is 2.53. The molecule has 1 heterocycles. The molecule has 0 aromatic heterocycles. The van der Waals surface area contributed by atoms with Crippen LogP contribution < -0.4 is 19.5 Å². The van der Waals surface area contributed by atoms with Crippen LogP contribution in [0.4, 0.5) is 0 Å². The summed E-state index contributed by atoms with van der Waals surface area (Å²) in [7, 11) is 4.55. The minimum absolute atomic E-state index is 0. The Morgan fingerprint density at radius 2 is 1.59 bits per heavy atom. The van der Waals surface area contributed by atoms with Gasteiger partial charge in [-0.2, -0.15) is 0 Å². The lowest BCUT2D eigenvalue weighted by molar-refractivity contribution is -0.131. The van der Waals surface area contributed by atoms with Crippen LogP contribution in [-0.2, 0) is 4.79 Å². The zero-order chi connectivity index (χ0) is 20.1. The third-order valence-electron chi connectivity index (χ3n) is 5.26. The number of hydrogen-bond acceptors (Lipinski definition) is 6. The Kier molecular flexibility index (Phi) is 8.40. The number of halogens is 1. The molecular formula is C20H30ClN3O5. The smallest absolute Gasteiger partial charge is 0.257 e. The molecule has 0 bridgehead atoms. The first-order chi connectivity index (χ1) is 13.6. The van der Waals surface area contributed by atoms with E-state index in [1.54, 1.807) is 17.0 Å². The van der Waals surface area contributed by atoms with Gasteiger partial charge in [0.25, 0.3) is 5.91 Å². The Morgan fingerprint density at radius 3 is 2.14 bits per heavy atom. The van der Waals surface area contributed by atoms with E-state index < -0.39 is 0 Å². The van der Waals surface area contributed by atoms with Crippen LogP contribution in [-0.4, -0.2) is 82.2 Å². The first-order valence-corrected chi connectivity index (χ1v) is 9.65. The Balaban J connectivity index is 0.00000300. The molecular weight excluding hydrogens is 398 g/mol. The van der Waals surface area contributed by atoms with E-state index in [0.717, 1.165) is 12.5 Å². The summed E-state index contributed by atoms with van der Waals surface area (Å²) >= 11 is 0. The fraction of sp³-hybridized carbons (Fsp3) is 0.600. The third kappa shape index (κ3) is 5.45. The van der Waals surface area contributed by atoms with Gasteiger partial charge in [-0.1, -0.05) is 0 Å². The van der Waals surface area contributed by atoms with Crippen LogP contribution in [0.25, 0.3) is 0 Å². The molecule has 0 unspecified atom stereocenters. The first-order valence-electron chi connectivity index (χ1n) is 9.65. The highest BCUT2D eigenvalue weighted by Crippen LogP contribution is 2.40. The van der Waals surface area contributed by atoms with Crippen LogP contribution in [0, 0.1) is 5.92 Å². The Labute approximate surface area is 177 Å². The molecule has 1 aliphatic carbocycles. The monoisotopic (exact) mass is 427 g/mol. The standard InChI is InChI=1S/C20H29N3O5.ClH/c1-26-16-7-6-15(18(27-2)19(16)28-3)20(25)23-10-8-22(9-11-23)17(24)13-21-12-14-4-5-14;/h6-7,14,21H,4-5,8-13H2,1-3H3;1H. The van der Waals surface area contributed by atoms with E-state index in [4.69, 9.17) is 14.2 Å². The molecule has 29 heavy (non-hydrogen) atoms. The average molecular weight is 428 g/mol. The van der Waals surface area contributed by atoms with Crippen molar-refractivity contribution in [3.05, 3.63) is 17.7 Å². The number of ether oxygens (including phenoxy) is 3. The number of nitrogens with zero attached hydrogens (tertiary/aromatic N) is 2. The predicted octanol–water partition coefficient (Wildman–Crippen LogP) is 1.42. The van der Waals surface area contributed by atoms with Gasteiger partial charge in [0.15, 0.2) is 11.5 Å². The van der Waals surface area contributed by atoms with Gasteiger partial charge in [0.2, 0.25) is 11.7 Å². The number of methoxy groups -OCH3 is 3. The maximum Gasteiger partial charge on any atom is 0.257 e. The molecule has 162 valence electrons. The zero-order valence-electron chi connectivity index (χ0n) is 17.2. The summed E-state index contributed by atoms with van der Waals surface area (Å²) in [4.78, 5) is 28.9. The highest BCUT2D eigenvalue weighted by molar-refractivity contribution is 5.98. The number of amides is 2. The number of carbonyl (C=O) groups excluding carboxylic acids is 2. The maximum atomic E-state index is 13.0. The molecule has 1 aliphatic heterocycles. The zero-order valence-corrected chi connectivity index (χ0v) is 18.0. The molecule has 1 aromatic rings. The van der Waals surface area contributed by atoms with Gasteiger partial charge in [0, 0.05) is 26.2 Å². The fourth-order valence-corrected chi connectivity index (χ4v) is 3.42. The summed E-state index contributed by atoms with van der Waals surface area (Å²) in [6.45, 7) is 3.34. The van der Waals surface area contributed by atoms with Gasteiger partial charge in [-0.3, -0.25) is 9.59 Å². The number of benzene rings is 1. The number of nitrogens with one attached hydrogen (secondary N) is 1. The van der Waals surface area contributed by atoms with Gasteiger partial charge in [0.1, 0.15) is 0 Å². The lowest BCUT2D eigenvalue weighted by atomic mass is 10.1. The predicted molar refractivity (Wildman–Crippen MR) is 111 cm³/mol. The van der Waals surface area contributed by atoms with E-state index in [1.807, 2.05) is 4.90 Å². The van der Waals surface area contributed by atoms with Gasteiger partial charge in [0.05, 0.1) is 33.4 Å². The van der Waals surface area contributed by atoms with Gasteiger partial charge in [-0.25, -0.2) is 0 Å². The SMILES string of the molecule is COc1ccc(C(=O)N2CCN(C(=O)CNCC3CC3)CC2)c(OC)c1OC.Cl. The van der Waals surface area contributed by atoms with Crippen molar-refractivity contribution in [3.8, 4) is 17.2 Å². The molecule has 1 aromatic carbocycles. The number of rotatable bonds is 8. The Bertz CT molecular complexity index is 718. The second-order valence-electron chi connectivity index (χ2n) is 7.13. The van der Waals surface area contributed by atoms with Crippen molar-refractivity contribution in [1.82, 2.24) is 15.1 Å². The van der Waals surface area contributed by atoms with E-state index in [-0.39, 0.29) is 24.2 Å².